The van der Waals surface area contributed by atoms with Crippen molar-refractivity contribution in [2.24, 2.45) is 5.41 Å². The van der Waals surface area contributed by atoms with Crippen molar-refractivity contribution in [1.29, 1.82) is 5.26 Å². The van der Waals surface area contributed by atoms with Crippen molar-refractivity contribution in [3.05, 3.63) is 40.5 Å². The lowest BCUT2D eigenvalue weighted by atomic mass is 9.86. The smallest absolute Gasteiger partial charge is 0.178 e. The number of Topliss-reactive ketones (excluding diaryl/α,β-unsaturated/α-hetero) is 1. The van der Waals surface area contributed by atoms with Crippen molar-refractivity contribution in [3.8, 4) is 6.07 Å². The molecule has 0 aliphatic rings. The molecule has 18 heavy (non-hydrogen) atoms. The average molecular weight is 241 g/mol. The Kier molecular flexibility index (Phi) is 4.08. The van der Waals surface area contributed by atoms with E-state index in [9.17, 15) is 4.79 Å². The standard InChI is InChI=1S/C16H19NO/c1-11-6-7-13(12(2)8-11)9-14(10-17)15(18)16(3,4)5/h6-9H,1-5H3/b14-9+. The number of carbonyl (C=O) groups is 1. The first-order valence-corrected chi connectivity index (χ1v) is 5.99. The van der Waals surface area contributed by atoms with Crippen LogP contribution in [0.2, 0.25) is 0 Å². The Morgan fingerprint density at radius 2 is 1.89 bits per heavy atom. The molecule has 0 aliphatic carbocycles. The molecule has 0 unspecified atom stereocenters. The van der Waals surface area contributed by atoms with E-state index in [1.54, 1.807) is 6.08 Å². The fraction of sp³-hybridized carbons (Fsp3) is 0.375. The van der Waals surface area contributed by atoms with Crippen LogP contribution in [0.3, 0.4) is 0 Å². The van der Waals surface area contributed by atoms with Gasteiger partial charge in [-0.15, -0.1) is 0 Å². The number of nitriles is 1. The first-order chi connectivity index (χ1) is 8.25. The van der Waals surface area contributed by atoms with Gasteiger partial charge in [0.1, 0.15) is 6.07 Å². The lowest BCUT2D eigenvalue weighted by Gasteiger charge is -2.15. The molecule has 1 aromatic carbocycles. The number of aryl methyl sites for hydroxylation is 2. The van der Waals surface area contributed by atoms with E-state index in [-0.39, 0.29) is 11.4 Å². The van der Waals surface area contributed by atoms with Crippen LogP contribution in [0, 0.1) is 30.6 Å². The maximum Gasteiger partial charge on any atom is 0.178 e. The summed E-state index contributed by atoms with van der Waals surface area (Å²) in [7, 11) is 0. The highest BCUT2D eigenvalue weighted by Crippen LogP contribution is 2.22. The zero-order valence-corrected chi connectivity index (χ0v) is 11.7. The molecule has 0 fully saturated rings. The molecule has 0 N–H and O–H groups in total. The van der Waals surface area contributed by atoms with E-state index in [1.165, 1.54) is 5.56 Å². The fourth-order valence-corrected chi connectivity index (χ4v) is 1.70. The van der Waals surface area contributed by atoms with E-state index in [2.05, 4.69) is 0 Å². The van der Waals surface area contributed by atoms with Crippen LogP contribution in [0.15, 0.2) is 23.8 Å². The zero-order chi connectivity index (χ0) is 13.9. The Morgan fingerprint density at radius 3 is 2.33 bits per heavy atom. The van der Waals surface area contributed by atoms with Crippen molar-refractivity contribution in [3.63, 3.8) is 0 Å². The molecule has 0 bridgehead atoms. The van der Waals surface area contributed by atoms with Crippen LogP contribution < -0.4 is 0 Å². The van der Waals surface area contributed by atoms with Crippen LogP contribution >= 0.6 is 0 Å². The summed E-state index contributed by atoms with van der Waals surface area (Å²) in [5, 5.41) is 9.13. The summed E-state index contributed by atoms with van der Waals surface area (Å²) in [6.45, 7) is 9.47. The maximum absolute atomic E-state index is 12.1. The monoisotopic (exact) mass is 241 g/mol. The van der Waals surface area contributed by atoms with Crippen molar-refractivity contribution in [1.82, 2.24) is 0 Å². The molecule has 0 amide bonds. The molecule has 0 saturated heterocycles. The molecular weight excluding hydrogens is 222 g/mol. The molecule has 0 atom stereocenters. The summed E-state index contributed by atoms with van der Waals surface area (Å²) < 4.78 is 0. The summed E-state index contributed by atoms with van der Waals surface area (Å²) in [6, 6.07) is 7.98. The third-order valence-corrected chi connectivity index (χ3v) is 2.77. The van der Waals surface area contributed by atoms with E-state index in [0.29, 0.717) is 0 Å². The molecule has 2 heteroatoms. The van der Waals surface area contributed by atoms with Gasteiger partial charge in [-0.1, -0.05) is 44.5 Å². The van der Waals surface area contributed by atoms with Gasteiger partial charge < -0.3 is 0 Å². The van der Waals surface area contributed by atoms with Crippen LogP contribution in [0.5, 0.6) is 0 Å². The predicted octanol–water partition coefficient (Wildman–Crippen LogP) is 3.83. The number of allylic oxidation sites excluding steroid dienone is 1. The number of nitrogens with zero attached hydrogens (tertiary/aromatic N) is 1. The van der Waals surface area contributed by atoms with Gasteiger partial charge >= 0.3 is 0 Å². The summed E-state index contributed by atoms with van der Waals surface area (Å²) in [4.78, 5) is 12.1. The predicted molar refractivity (Wildman–Crippen MR) is 74.0 cm³/mol. The van der Waals surface area contributed by atoms with Gasteiger partial charge in [-0.25, -0.2) is 0 Å². The number of hydrogen-bond donors (Lipinski definition) is 0. The Hall–Kier alpha value is -1.88. The minimum atomic E-state index is -0.528. The largest absolute Gasteiger partial charge is 0.293 e. The number of rotatable bonds is 2. The third-order valence-electron chi connectivity index (χ3n) is 2.77. The minimum absolute atomic E-state index is 0.120. The van der Waals surface area contributed by atoms with Gasteiger partial charge in [0.05, 0.1) is 5.57 Å². The van der Waals surface area contributed by atoms with Crippen molar-refractivity contribution >= 4 is 11.9 Å². The molecule has 1 rings (SSSR count). The van der Waals surface area contributed by atoms with E-state index in [4.69, 9.17) is 5.26 Å². The van der Waals surface area contributed by atoms with Crippen molar-refractivity contribution in [2.45, 2.75) is 34.6 Å². The van der Waals surface area contributed by atoms with Gasteiger partial charge in [-0.2, -0.15) is 5.26 Å². The summed E-state index contributed by atoms with van der Waals surface area (Å²) in [5.41, 5.74) is 2.86. The van der Waals surface area contributed by atoms with Gasteiger partial charge in [0, 0.05) is 5.41 Å². The molecule has 0 saturated carbocycles. The Balaban J connectivity index is 3.22. The van der Waals surface area contributed by atoms with Gasteiger partial charge in [-0.3, -0.25) is 4.79 Å². The number of hydrogen-bond acceptors (Lipinski definition) is 2. The normalized spacial score (nSPS) is 12.1. The van der Waals surface area contributed by atoms with Gasteiger partial charge in [0.2, 0.25) is 0 Å². The average Bonchev–Trinajstić information content (AvgIpc) is 2.26. The molecule has 2 nitrogen and oxygen atoms in total. The lowest BCUT2D eigenvalue weighted by Crippen LogP contribution is -2.21. The van der Waals surface area contributed by atoms with E-state index < -0.39 is 5.41 Å². The number of benzene rings is 1. The van der Waals surface area contributed by atoms with Crippen LogP contribution in [-0.4, -0.2) is 5.78 Å². The summed E-state index contributed by atoms with van der Waals surface area (Å²) in [5.74, 6) is -0.120. The topological polar surface area (TPSA) is 40.9 Å². The molecule has 0 radical (unpaired) electrons. The number of ketones is 1. The maximum atomic E-state index is 12.1. The summed E-state index contributed by atoms with van der Waals surface area (Å²) in [6.07, 6.45) is 1.68. The van der Waals surface area contributed by atoms with E-state index in [0.717, 1.165) is 11.1 Å². The SMILES string of the molecule is Cc1ccc(/C=C(\C#N)C(=O)C(C)(C)C)c(C)c1. The summed E-state index contributed by atoms with van der Waals surface area (Å²) >= 11 is 0. The first kappa shape index (κ1) is 14.2. The van der Waals surface area contributed by atoms with Crippen LogP contribution in [0.1, 0.15) is 37.5 Å². The third kappa shape index (κ3) is 3.30. The molecule has 0 aromatic heterocycles. The molecule has 0 heterocycles. The molecule has 94 valence electrons. The molecular formula is C16H19NO. The van der Waals surface area contributed by atoms with E-state index >= 15 is 0 Å². The van der Waals surface area contributed by atoms with Crippen LogP contribution in [0.4, 0.5) is 0 Å². The second kappa shape index (κ2) is 5.18. The van der Waals surface area contributed by atoms with Crippen LogP contribution in [0.25, 0.3) is 6.08 Å². The van der Waals surface area contributed by atoms with Gasteiger partial charge in [0.15, 0.2) is 5.78 Å². The second-order valence-corrected chi connectivity index (χ2v) is 5.61. The number of carbonyl (C=O) groups excluding carboxylic acids is 1. The molecule has 0 aliphatic heterocycles. The van der Waals surface area contributed by atoms with E-state index in [1.807, 2.05) is 58.9 Å². The van der Waals surface area contributed by atoms with Crippen LogP contribution in [-0.2, 0) is 4.79 Å². The van der Waals surface area contributed by atoms with Gasteiger partial charge in [-0.05, 0) is 31.1 Å². The quantitative estimate of drug-likeness (QED) is 0.583. The van der Waals surface area contributed by atoms with Gasteiger partial charge in [0.25, 0.3) is 0 Å². The molecule has 1 aromatic rings. The Morgan fingerprint density at radius 1 is 1.28 bits per heavy atom. The van der Waals surface area contributed by atoms with Crippen molar-refractivity contribution < 1.29 is 4.79 Å². The van der Waals surface area contributed by atoms with Crippen molar-refractivity contribution in [2.75, 3.05) is 0 Å². The second-order valence-electron chi connectivity index (χ2n) is 5.61. The minimum Gasteiger partial charge on any atom is -0.293 e. The fourth-order valence-electron chi connectivity index (χ4n) is 1.70. The Labute approximate surface area is 109 Å². The highest BCUT2D eigenvalue weighted by atomic mass is 16.1. The lowest BCUT2D eigenvalue weighted by molar-refractivity contribution is -0.121. The first-order valence-electron chi connectivity index (χ1n) is 5.99. The highest BCUT2D eigenvalue weighted by molar-refractivity contribution is 6.06. The Bertz CT molecular complexity index is 539. The zero-order valence-electron chi connectivity index (χ0n) is 11.7. The molecule has 0 spiro atoms. The highest BCUT2D eigenvalue weighted by Gasteiger charge is 2.24.